The molecule has 1 aromatic rings. The highest BCUT2D eigenvalue weighted by atomic mass is 79.9. The zero-order chi connectivity index (χ0) is 13.8. The molecule has 1 N–H and O–H groups in total. The standard InChI is InChI=1S/C14H15BrN2O2/c1-10-14(19)16-8-9-17(10)13(18)7-4-11-2-5-12(15)6-3-11/h2-7,10H,8-9H2,1H3,(H,16,19). The van der Waals surface area contributed by atoms with Crippen molar-refractivity contribution < 1.29 is 9.59 Å². The zero-order valence-corrected chi connectivity index (χ0v) is 12.2. The number of rotatable bonds is 2. The Kier molecular flexibility index (Phi) is 4.37. The Hall–Kier alpha value is -1.62. The van der Waals surface area contributed by atoms with Gasteiger partial charge in [0.05, 0.1) is 0 Å². The van der Waals surface area contributed by atoms with E-state index < -0.39 is 6.04 Å². The maximum Gasteiger partial charge on any atom is 0.247 e. The fourth-order valence-electron chi connectivity index (χ4n) is 1.92. The van der Waals surface area contributed by atoms with E-state index in [1.807, 2.05) is 24.3 Å². The summed E-state index contributed by atoms with van der Waals surface area (Å²) in [5.74, 6) is -0.234. The Morgan fingerprint density at radius 3 is 2.79 bits per heavy atom. The number of amides is 2. The van der Waals surface area contributed by atoms with Gasteiger partial charge in [0.15, 0.2) is 0 Å². The summed E-state index contributed by atoms with van der Waals surface area (Å²) in [4.78, 5) is 25.1. The van der Waals surface area contributed by atoms with Crippen LogP contribution in [0.3, 0.4) is 0 Å². The second-order valence-electron chi connectivity index (χ2n) is 4.38. The summed E-state index contributed by atoms with van der Waals surface area (Å²) < 4.78 is 0.998. The lowest BCUT2D eigenvalue weighted by Gasteiger charge is -2.31. The SMILES string of the molecule is CC1C(=O)NCCN1C(=O)C=Cc1ccc(Br)cc1. The van der Waals surface area contributed by atoms with Crippen molar-refractivity contribution in [1.82, 2.24) is 10.2 Å². The molecular formula is C14H15BrN2O2. The summed E-state index contributed by atoms with van der Waals surface area (Å²) in [6.07, 6.45) is 3.27. The predicted octanol–water partition coefficient (Wildman–Crippen LogP) is 1.81. The molecule has 1 fully saturated rings. The summed E-state index contributed by atoms with van der Waals surface area (Å²) in [6, 6.07) is 7.26. The number of piperazine rings is 1. The molecule has 1 aliphatic rings. The molecule has 5 heteroatoms. The molecule has 0 aliphatic carbocycles. The molecule has 2 rings (SSSR count). The number of hydrogen-bond donors (Lipinski definition) is 1. The Morgan fingerprint density at radius 1 is 1.42 bits per heavy atom. The Bertz CT molecular complexity index is 511. The quantitative estimate of drug-likeness (QED) is 0.844. The molecule has 1 heterocycles. The van der Waals surface area contributed by atoms with Crippen molar-refractivity contribution in [1.29, 1.82) is 0 Å². The molecule has 1 aliphatic heterocycles. The van der Waals surface area contributed by atoms with Crippen LogP contribution in [-0.4, -0.2) is 35.8 Å². The first-order valence-electron chi connectivity index (χ1n) is 6.10. The van der Waals surface area contributed by atoms with Crippen LogP contribution in [0.2, 0.25) is 0 Å². The lowest BCUT2D eigenvalue weighted by Crippen LogP contribution is -2.55. The number of halogens is 1. The average Bonchev–Trinajstić information content (AvgIpc) is 2.41. The molecule has 4 nitrogen and oxygen atoms in total. The van der Waals surface area contributed by atoms with E-state index in [0.29, 0.717) is 13.1 Å². The van der Waals surface area contributed by atoms with Gasteiger partial charge in [0.1, 0.15) is 6.04 Å². The van der Waals surface area contributed by atoms with Crippen LogP contribution in [0.25, 0.3) is 6.08 Å². The van der Waals surface area contributed by atoms with Crippen LogP contribution in [-0.2, 0) is 9.59 Å². The maximum absolute atomic E-state index is 12.0. The number of nitrogens with zero attached hydrogens (tertiary/aromatic N) is 1. The summed E-state index contributed by atoms with van der Waals surface area (Å²) in [7, 11) is 0. The van der Waals surface area contributed by atoms with Crippen LogP contribution in [0.15, 0.2) is 34.8 Å². The molecular weight excluding hydrogens is 308 g/mol. The smallest absolute Gasteiger partial charge is 0.247 e. The van der Waals surface area contributed by atoms with Gasteiger partial charge in [0.25, 0.3) is 0 Å². The van der Waals surface area contributed by atoms with Crippen molar-refractivity contribution in [3.8, 4) is 0 Å². The van der Waals surface area contributed by atoms with Crippen molar-refractivity contribution >= 4 is 33.8 Å². The molecule has 2 amide bonds. The molecule has 100 valence electrons. The van der Waals surface area contributed by atoms with Gasteiger partial charge in [-0.2, -0.15) is 0 Å². The molecule has 0 bridgehead atoms. The van der Waals surface area contributed by atoms with Crippen molar-refractivity contribution in [3.05, 3.63) is 40.4 Å². The van der Waals surface area contributed by atoms with Gasteiger partial charge in [0, 0.05) is 23.6 Å². The number of hydrogen-bond acceptors (Lipinski definition) is 2. The molecule has 0 spiro atoms. The topological polar surface area (TPSA) is 49.4 Å². The van der Waals surface area contributed by atoms with Gasteiger partial charge in [-0.1, -0.05) is 28.1 Å². The van der Waals surface area contributed by atoms with E-state index in [0.717, 1.165) is 10.0 Å². The Morgan fingerprint density at radius 2 is 2.11 bits per heavy atom. The maximum atomic E-state index is 12.0. The summed E-state index contributed by atoms with van der Waals surface area (Å²) in [5.41, 5.74) is 0.950. The van der Waals surface area contributed by atoms with Crippen LogP contribution in [0.5, 0.6) is 0 Å². The first-order chi connectivity index (χ1) is 9.08. The van der Waals surface area contributed by atoms with E-state index in [9.17, 15) is 9.59 Å². The summed E-state index contributed by atoms with van der Waals surface area (Å²) >= 11 is 3.36. The summed E-state index contributed by atoms with van der Waals surface area (Å²) in [6.45, 7) is 2.80. The molecule has 1 aromatic carbocycles. The minimum atomic E-state index is -0.407. The van der Waals surface area contributed by atoms with E-state index in [2.05, 4.69) is 21.2 Å². The third kappa shape index (κ3) is 3.44. The Balaban J connectivity index is 2.04. The van der Waals surface area contributed by atoms with Gasteiger partial charge < -0.3 is 10.2 Å². The molecule has 1 unspecified atom stereocenters. The second kappa shape index (κ2) is 6.02. The van der Waals surface area contributed by atoms with Crippen molar-refractivity contribution in [2.75, 3.05) is 13.1 Å². The fraction of sp³-hybridized carbons (Fsp3) is 0.286. The second-order valence-corrected chi connectivity index (χ2v) is 5.30. The van der Waals surface area contributed by atoms with Crippen molar-refractivity contribution in [3.63, 3.8) is 0 Å². The van der Waals surface area contributed by atoms with Crippen LogP contribution < -0.4 is 5.32 Å². The van der Waals surface area contributed by atoms with Gasteiger partial charge in [-0.05, 0) is 30.7 Å². The highest BCUT2D eigenvalue weighted by molar-refractivity contribution is 9.10. The average molecular weight is 323 g/mol. The van der Waals surface area contributed by atoms with Gasteiger partial charge in [-0.25, -0.2) is 0 Å². The van der Waals surface area contributed by atoms with E-state index in [-0.39, 0.29) is 11.8 Å². The summed E-state index contributed by atoms with van der Waals surface area (Å²) in [5, 5.41) is 2.73. The normalized spacial score (nSPS) is 19.6. The first kappa shape index (κ1) is 13.8. The number of carbonyl (C=O) groups excluding carboxylic acids is 2. The van der Waals surface area contributed by atoms with E-state index in [1.165, 1.54) is 6.08 Å². The largest absolute Gasteiger partial charge is 0.353 e. The van der Waals surface area contributed by atoms with Crippen LogP contribution >= 0.6 is 15.9 Å². The molecule has 0 radical (unpaired) electrons. The van der Waals surface area contributed by atoms with Gasteiger partial charge in [-0.3, -0.25) is 9.59 Å². The minimum Gasteiger partial charge on any atom is -0.353 e. The predicted molar refractivity (Wildman–Crippen MR) is 77.4 cm³/mol. The Labute approximate surface area is 120 Å². The third-order valence-corrected chi connectivity index (χ3v) is 3.60. The highest BCUT2D eigenvalue weighted by Crippen LogP contribution is 2.12. The first-order valence-corrected chi connectivity index (χ1v) is 6.89. The number of nitrogens with one attached hydrogen (secondary N) is 1. The van der Waals surface area contributed by atoms with Crippen LogP contribution in [0.1, 0.15) is 12.5 Å². The lowest BCUT2D eigenvalue weighted by atomic mass is 10.2. The van der Waals surface area contributed by atoms with Crippen molar-refractivity contribution in [2.24, 2.45) is 0 Å². The molecule has 0 saturated carbocycles. The van der Waals surface area contributed by atoms with Crippen molar-refractivity contribution in [2.45, 2.75) is 13.0 Å². The zero-order valence-electron chi connectivity index (χ0n) is 10.6. The monoisotopic (exact) mass is 322 g/mol. The molecule has 0 aromatic heterocycles. The fourth-order valence-corrected chi connectivity index (χ4v) is 2.18. The molecule has 1 atom stereocenters. The van der Waals surface area contributed by atoms with Gasteiger partial charge >= 0.3 is 0 Å². The lowest BCUT2D eigenvalue weighted by molar-refractivity contribution is -0.139. The molecule has 19 heavy (non-hydrogen) atoms. The minimum absolute atomic E-state index is 0.100. The third-order valence-electron chi connectivity index (χ3n) is 3.07. The van der Waals surface area contributed by atoms with E-state index >= 15 is 0 Å². The van der Waals surface area contributed by atoms with E-state index in [1.54, 1.807) is 17.9 Å². The highest BCUT2D eigenvalue weighted by Gasteiger charge is 2.27. The van der Waals surface area contributed by atoms with Gasteiger partial charge in [-0.15, -0.1) is 0 Å². The number of benzene rings is 1. The van der Waals surface area contributed by atoms with E-state index in [4.69, 9.17) is 0 Å². The van der Waals surface area contributed by atoms with Crippen LogP contribution in [0.4, 0.5) is 0 Å². The molecule has 1 saturated heterocycles. The number of carbonyl (C=O) groups is 2. The van der Waals surface area contributed by atoms with Gasteiger partial charge in [0.2, 0.25) is 11.8 Å². The van der Waals surface area contributed by atoms with Crippen LogP contribution in [0, 0.1) is 0 Å².